The monoisotopic (exact) mass is 645 g/mol. The number of rotatable bonds is 7. The summed E-state index contributed by atoms with van der Waals surface area (Å²) in [5.74, 6) is 0.186. The molecule has 2 atom stereocenters. The highest BCUT2D eigenvalue weighted by Crippen LogP contribution is 2.47. The molecule has 0 aliphatic heterocycles. The van der Waals surface area contributed by atoms with Gasteiger partial charge in [0.2, 0.25) is 0 Å². The third-order valence-electron chi connectivity index (χ3n) is 7.60. The summed E-state index contributed by atoms with van der Waals surface area (Å²) >= 11 is 3.05. The van der Waals surface area contributed by atoms with Gasteiger partial charge in [0.05, 0.1) is 16.8 Å². The van der Waals surface area contributed by atoms with Crippen molar-refractivity contribution >= 4 is 28.7 Å². The number of aromatic nitrogens is 1. The van der Waals surface area contributed by atoms with Crippen molar-refractivity contribution in [3.05, 3.63) is 117 Å². The molecule has 2 nitrogen and oxygen atoms in total. The third-order valence-corrected chi connectivity index (χ3v) is 10.3. The standard InChI is InChI=1S/C34H29F6NOS2/c1-19-15-22(7-13-28(19)24-5-4-6-26(18-24)34(38,39)40)17-30(43-27-12-14-29(42)20(2)16-27)31-21(3)41-32(44-31)23-8-10-25(11-9-23)33(35,36)37/h4-14,16,18-19,30,42H,15,17H2,1-3H3. The average Bonchev–Trinajstić information content (AvgIpc) is 3.35. The van der Waals surface area contributed by atoms with Crippen molar-refractivity contribution in [1.82, 2.24) is 4.98 Å². The Hall–Kier alpha value is -3.50. The number of allylic oxidation sites excluding steroid dienone is 4. The van der Waals surface area contributed by atoms with Crippen molar-refractivity contribution in [3.8, 4) is 16.3 Å². The first-order valence-corrected chi connectivity index (χ1v) is 15.6. The quantitative estimate of drug-likeness (QED) is 0.160. The Balaban J connectivity index is 1.47. The van der Waals surface area contributed by atoms with Gasteiger partial charge in [-0.3, -0.25) is 0 Å². The molecule has 2 unspecified atom stereocenters. The van der Waals surface area contributed by atoms with Gasteiger partial charge in [-0.05, 0) is 91.8 Å². The fourth-order valence-electron chi connectivity index (χ4n) is 5.27. The van der Waals surface area contributed by atoms with E-state index in [0.717, 1.165) is 50.4 Å². The molecule has 1 aromatic heterocycles. The van der Waals surface area contributed by atoms with E-state index in [2.05, 4.69) is 0 Å². The number of aryl methyl sites for hydroxylation is 2. The van der Waals surface area contributed by atoms with E-state index in [9.17, 15) is 31.4 Å². The second kappa shape index (κ2) is 12.5. The zero-order chi connectivity index (χ0) is 31.8. The molecular weight excluding hydrogens is 617 g/mol. The van der Waals surface area contributed by atoms with Gasteiger partial charge in [0, 0.05) is 20.6 Å². The molecule has 1 aliphatic rings. The van der Waals surface area contributed by atoms with Crippen LogP contribution >= 0.6 is 23.1 Å². The summed E-state index contributed by atoms with van der Waals surface area (Å²) in [5.41, 5.74) is 3.24. The summed E-state index contributed by atoms with van der Waals surface area (Å²) < 4.78 is 79.3. The second-order valence-electron chi connectivity index (χ2n) is 10.9. The lowest BCUT2D eigenvalue weighted by Gasteiger charge is -2.25. The van der Waals surface area contributed by atoms with Gasteiger partial charge in [-0.2, -0.15) is 26.3 Å². The summed E-state index contributed by atoms with van der Waals surface area (Å²) in [6.07, 6.45) is -3.66. The molecule has 0 fully saturated rings. The van der Waals surface area contributed by atoms with Gasteiger partial charge in [0.15, 0.2) is 0 Å². The lowest BCUT2D eigenvalue weighted by molar-refractivity contribution is -0.138. The number of thioether (sulfide) groups is 1. The number of alkyl halides is 6. The number of thiazole rings is 1. The molecule has 4 aromatic rings. The molecule has 3 aromatic carbocycles. The fourth-order valence-corrected chi connectivity index (χ4v) is 7.91. The number of phenols is 1. The van der Waals surface area contributed by atoms with Crippen molar-refractivity contribution in [1.29, 1.82) is 0 Å². The minimum Gasteiger partial charge on any atom is -0.508 e. The predicted octanol–water partition coefficient (Wildman–Crippen LogP) is 11.4. The first-order chi connectivity index (χ1) is 20.7. The van der Waals surface area contributed by atoms with Crippen molar-refractivity contribution in [2.75, 3.05) is 0 Å². The molecule has 5 rings (SSSR count). The van der Waals surface area contributed by atoms with Gasteiger partial charge < -0.3 is 5.11 Å². The SMILES string of the molecule is Cc1cc(SC(CC2=CC=C(c3cccc(C(F)(F)F)c3)C(C)C2)c2sc(-c3ccc(C(F)(F)F)cc3)nc2C)ccc1O. The Labute approximate surface area is 260 Å². The van der Waals surface area contributed by atoms with Crippen LogP contribution in [0.3, 0.4) is 0 Å². The molecule has 0 radical (unpaired) electrons. The zero-order valence-corrected chi connectivity index (χ0v) is 25.7. The summed E-state index contributed by atoms with van der Waals surface area (Å²) in [7, 11) is 0. The normalized spacial score (nSPS) is 16.4. The van der Waals surface area contributed by atoms with Crippen LogP contribution in [0.5, 0.6) is 5.75 Å². The van der Waals surface area contributed by atoms with Crippen LogP contribution in [0, 0.1) is 19.8 Å². The van der Waals surface area contributed by atoms with Crippen LogP contribution in [0.1, 0.15) is 57.8 Å². The number of phenolic OH excluding ortho intramolecular Hbond substituents is 1. The number of halogens is 6. The van der Waals surface area contributed by atoms with E-state index in [4.69, 9.17) is 4.98 Å². The van der Waals surface area contributed by atoms with Crippen LogP contribution in [0.2, 0.25) is 0 Å². The maximum absolute atomic E-state index is 13.3. The Kier molecular flexibility index (Phi) is 9.05. The Morgan fingerprint density at radius 1 is 0.886 bits per heavy atom. The predicted molar refractivity (Wildman–Crippen MR) is 165 cm³/mol. The van der Waals surface area contributed by atoms with E-state index in [1.165, 1.54) is 35.6 Å². The minimum absolute atomic E-state index is 0.00897. The number of nitrogens with zero attached hydrogens (tertiary/aromatic N) is 1. The minimum atomic E-state index is -4.42. The summed E-state index contributed by atoms with van der Waals surface area (Å²) in [6, 6.07) is 15.8. The summed E-state index contributed by atoms with van der Waals surface area (Å²) in [6.45, 7) is 5.71. The van der Waals surface area contributed by atoms with Crippen molar-refractivity contribution in [2.45, 2.75) is 56.1 Å². The third kappa shape index (κ3) is 7.24. The Bertz CT molecular complexity index is 1720. The van der Waals surface area contributed by atoms with E-state index < -0.39 is 23.5 Å². The Morgan fingerprint density at radius 3 is 2.23 bits per heavy atom. The first-order valence-electron chi connectivity index (χ1n) is 13.9. The molecule has 230 valence electrons. The van der Waals surface area contributed by atoms with Crippen molar-refractivity contribution < 1.29 is 31.4 Å². The number of benzene rings is 3. The van der Waals surface area contributed by atoms with Crippen LogP contribution in [0.25, 0.3) is 16.1 Å². The smallest absolute Gasteiger partial charge is 0.416 e. The maximum atomic E-state index is 13.3. The number of aromatic hydroxyl groups is 1. The number of hydrogen-bond acceptors (Lipinski definition) is 4. The summed E-state index contributed by atoms with van der Waals surface area (Å²) in [4.78, 5) is 6.64. The number of hydrogen-bond donors (Lipinski definition) is 1. The van der Waals surface area contributed by atoms with Crippen molar-refractivity contribution in [2.24, 2.45) is 5.92 Å². The average molecular weight is 646 g/mol. The van der Waals surface area contributed by atoms with Crippen LogP contribution < -0.4 is 0 Å². The van der Waals surface area contributed by atoms with Crippen LogP contribution in [0.4, 0.5) is 26.3 Å². The molecule has 10 heteroatoms. The highest BCUT2D eigenvalue weighted by Gasteiger charge is 2.32. The van der Waals surface area contributed by atoms with E-state index in [1.807, 2.05) is 45.1 Å². The van der Waals surface area contributed by atoms with E-state index >= 15 is 0 Å². The van der Waals surface area contributed by atoms with Crippen molar-refractivity contribution in [3.63, 3.8) is 0 Å². The van der Waals surface area contributed by atoms with E-state index in [1.54, 1.807) is 23.9 Å². The topological polar surface area (TPSA) is 33.1 Å². The molecule has 44 heavy (non-hydrogen) atoms. The molecular formula is C34H29F6NOS2. The van der Waals surface area contributed by atoms with Crippen LogP contribution in [-0.2, 0) is 12.4 Å². The molecule has 0 saturated heterocycles. The largest absolute Gasteiger partial charge is 0.508 e. The van der Waals surface area contributed by atoms with Gasteiger partial charge in [-0.25, -0.2) is 4.98 Å². The molecule has 0 bridgehead atoms. The van der Waals surface area contributed by atoms with Gasteiger partial charge in [0.25, 0.3) is 0 Å². The molecule has 1 aliphatic carbocycles. The van der Waals surface area contributed by atoms with E-state index in [-0.39, 0.29) is 16.9 Å². The van der Waals surface area contributed by atoms with Gasteiger partial charge in [0.1, 0.15) is 10.8 Å². The van der Waals surface area contributed by atoms with Crippen LogP contribution in [-0.4, -0.2) is 10.1 Å². The molecule has 0 spiro atoms. The lowest BCUT2D eigenvalue weighted by atomic mass is 9.83. The zero-order valence-electron chi connectivity index (χ0n) is 24.1. The van der Waals surface area contributed by atoms with Gasteiger partial charge >= 0.3 is 12.4 Å². The lowest BCUT2D eigenvalue weighted by Crippen LogP contribution is -2.09. The molecule has 0 saturated carbocycles. The van der Waals surface area contributed by atoms with E-state index in [0.29, 0.717) is 29.0 Å². The highest BCUT2D eigenvalue weighted by atomic mass is 32.2. The van der Waals surface area contributed by atoms with Crippen LogP contribution in [0.15, 0.2) is 89.4 Å². The molecule has 1 N–H and O–H groups in total. The van der Waals surface area contributed by atoms with Gasteiger partial charge in [-0.1, -0.05) is 48.9 Å². The highest BCUT2D eigenvalue weighted by molar-refractivity contribution is 7.99. The summed E-state index contributed by atoms with van der Waals surface area (Å²) in [5, 5.41) is 10.6. The van der Waals surface area contributed by atoms with Gasteiger partial charge in [-0.15, -0.1) is 23.1 Å². The molecule has 0 amide bonds. The molecule has 1 heterocycles. The second-order valence-corrected chi connectivity index (χ2v) is 13.2. The fraction of sp³-hybridized carbons (Fsp3) is 0.265. The first kappa shape index (κ1) is 31.9. The Morgan fingerprint density at radius 2 is 1.59 bits per heavy atom. The maximum Gasteiger partial charge on any atom is 0.416 e.